The van der Waals surface area contributed by atoms with Crippen LogP contribution in [0.15, 0.2) is 36.4 Å². The van der Waals surface area contributed by atoms with E-state index in [4.69, 9.17) is 4.74 Å². The largest absolute Gasteiger partial charge is 0.466 e. The molecule has 0 bridgehead atoms. The van der Waals surface area contributed by atoms with E-state index < -0.39 is 35.8 Å². The predicted molar refractivity (Wildman–Crippen MR) is 145 cm³/mol. The SMILES string of the molecule is CCOC(=O)[C@H]1[C@@H]2C(=O)N([C@@H](CO)CC(C)C)[C@H](C(=O)Nc3ccc(N(CC)CC)cc3)[C@H]2C=C[C@H]1C. The highest BCUT2D eigenvalue weighted by Crippen LogP contribution is 2.45. The van der Waals surface area contributed by atoms with Crippen LogP contribution >= 0.6 is 0 Å². The van der Waals surface area contributed by atoms with Gasteiger partial charge in [-0.2, -0.15) is 0 Å². The Morgan fingerprint density at radius 3 is 2.30 bits per heavy atom. The molecule has 0 aromatic heterocycles. The number of aliphatic hydroxyl groups is 1. The summed E-state index contributed by atoms with van der Waals surface area (Å²) >= 11 is 0. The summed E-state index contributed by atoms with van der Waals surface area (Å²) in [5.41, 5.74) is 1.70. The second-order valence-electron chi connectivity index (χ2n) is 10.5. The molecule has 0 radical (unpaired) electrons. The molecule has 1 aliphatic heterocycles. The van der Waals surface area contributed by atoms with Crippen molar-refractivity contribution in [3.05, 3.63) is 36.4 Å². The van der Waals surface area contributed by atoms with E-state index >= 15 is 0 Å². The van der Waals surface area contributed by atoms with Crippen molar-refractivity contribution in [2.75, 3.05) is 36.5 Å². The van der Waals surface area contributed by atoms with Gasteiger partial charge in [-0.05, 0) is 63.3 Å². The number of benzene rings is 1. The number of aliphatic hydroxyl groups excluding tert-OH is 1. The summed E-state index contributed by atoms with van der Waals surface area (Å²) in [6, 6.07) is 6.31. The van der Waals surface area contributed by atoms with Crippen molar-refractivity contribution in [1.29, 1.82) is 0 Å². The molecule has 8 heteroatoms. The topological polar surface area (TPSA) is 99.2 Å². The molecule has 2 aliphatic rings. The second kappa shape index (κ2) is 12.6. The van der Waals surface area contributed by atoms with Gasteiger partial charge >= 0.3 is 5.97 Å². The van der Waals surface area contributed by atoms with E-state index in [1.807, 2.05) is 57.2 Å². The number of esters is 1. The number of allylic oxidation sites excluding steroid dienone is 1. The van der Waals surface area contributed by atoms with Crippen molar-refractivity contribution in [1.82, 2.24) is 4.90 Å². The van der Waals surface area contributed by atoms with Gasteiger partial charge in [0.1, 0.15) is 6.04 Å². The van der Waals surface area contributed by atoms with Gasteiger partial charge in [0.15, 0.2) is 0 Å². The average molecular weight is 514 g/mol. The molecule has 1 aromatic carbocycles. The molecular weight excluding hydrogens is 470 g/mol. The Bertz CT molecular complexity index is 972. The molecule has 1 saturated heterocycles. The molecule has 6 atom stereocenters. The third-order valence-corrected chi connectivity index (χ3v) is 7.65. The monoisotopic (exact) mass is 513 g/mol. The minimum atomic E-state index is -0.837. The van der Waals surface area contributed by atoms with E-state index in [9.17, 15) is 19.5 Å². The molecule has 2 N–H and O–H groups in total. The highest BCUT2D eigenvalue weighted by molar-refractivity contribution is 6.01. The van der Waals surface area contributed by atoms with Gasteiger partial charge in [-0.1, -0.05) is 32.9 Å². The fourth-order valence-corrected chi connectivity index (χ4v) is 5.91. The quantitative estimate of drug-likeness (QED) is 0.346. The molecule has 0 saturated carbocycles. The molecular formula is C29H43N3O5. The highest BCUT2D eigenvalue weighted by Gasteiger charge is 2.58. The predicted octanol–water partition coefficient (Wildman–Crippen LogP) is 3.71. The molecule has 2 amide bonds. The van der Waals surface area contributed by atoms with Gasteiger partial charge in [0.05, 0.1) is 31.1 Å². The summed E-state index contributed by atoms with van der Waals surface area (Å²) in [5.74, 6) is -2.86. The van der Waals surface area contributed by atoms with Gasteiger partial charge in [-0.15, -0.1) is 0 Å². The van der Waals surface area contributed by atoms with Crippen LogP contribution in [0.25, 0.3) is 0 Å². The fourth-order valence-electron chi connectivity index (χ4n) is 5.91. The lowest BCUT2D eigenvalue weighted by atomic mass is 9.70. The van der Waals surface area contributed by atoms with Crippen LogP contribution in [-0.4, -0.2) is 66.2 Å². The lowest BCUT2D eigenvalue weighted by Crippen LogP contribution is -2.51. The zero-order valence-corrected chi connectivity index (χ0v) is 23.0. The number of hydrogen-bond donors (Lipinski definition) is 2. The first-order valence-corrected chi connectivity index (χ1v) is 13.6. The average Bonchev–Trinajstić information content (AvgIpc) is 3.16. The summed E-state index contributed by atoms with van der Waals surface area (Å²) in [4.78, 5) is 44.4. The number of nitrogens with zero attached hydrogens (tertiary/aromatic N) is 2. The van der Waals surface area contributed by atoms with E-state index in [1.165, 1.54) is 0 Å². The number of hydrogen-bond acceptors (Lipinski definition) is 6. The molecule has 37 heavy (non-hydrogen) atoms. The Labute approximate surface area is 221 Å². The minimum absolute atomic E-state index is 0.196. The van der Waals surface area contributed by atoms with Crippen molar-refractivity contribution in [2.24, 2.45) is 29.6 Å². The van der Waals surface area contributed by atoms with Crippen LogP contribution in [-0.2, 0) is 19.1 Å². The van der Waals surface area contributed by atoms with Crippen LogP contribution < -0.4 is 10.2 Å². The van der Waals surface area contributed by atoms with Gasteiger partial charge in [0.25, 0.3) is 0 Å². The number of anilines is 2. The summed E-state index contributed by atoms with van der Waals surface area (Å²) in [6.45, 7) is 13.6. The summed E-state index contributed by atoms with van der Waals surface area (Å²) in [7, 11) is 0. The number of carbonyl (C=O) groups excluding carboxylic acids is 3. The molecule has 1 fully saturated rings. The third-order valence-electron chi connectivity index (χ3n) is 7.65. The standard InChI is InChI=1S/C29H43N3O5/c1-7-31(8-2)21-13-11-20(12-14-21)30-27(34)26-23-15-10-19(6)24(29(36)37-9-3)25(23)28(35)32(26)22(17-33)16-18(4)5/h10-15,18-19,22-26,33H,7-9,16-17H2,1-6H3,(H,30,34)/t19-,22-,23+,24-,25-,26+/m1/s1. The van der Waals surface area contributed by atoms with Gasteiger partial charge < -0.3 is 25.0 Å². The maximum absolute atomic E-state index is 13.9. The maximum Gasteiger partial charge on any atom is 0.310 e. The Hall–Kier alpha value is -2.87. The molecule has 0 unspecified atom stereocenters. The van der Waals surface area contributed by atoms with Gasteiger partial charge in [-0.25, -0.2) is 0 Å². The Morgan fingerprint density at radius 2 is 1.76 bits per heavy atom. The lowest BCUT2D eigenvalue weighted by Gasteiger charge is -2.34. The number of likely N-dealkylation sites (tertiary alicyclic amines) is 1. The Morgan fingerprint density at radius 1 is 1.11 bits per heavy atom. The first-order chi connectivity index (χ1) is 17.7. The minimum Gasteiger partial charge on any atom is -0.466 e. The summed E-state index contributed by atoms with van der Waals surface area (Å²) in [6.07, 6.45) is 4.36. The van der Waals surface area contributed by atoms with Crippen LogP contribution in [0.5, 0.6) is 0 Å². The normalized spacial score (nSPS) is 25.7. The first kappa shape index (κ1) is 28.7. The van der Waals surface area contributed by atoms with Crippen LogP contribution in [0.2, 0.25) is 0 Å². The molecule has 1 heterocycles. The molecule has 3 rings (SSSR count). The molecule has 8 nitrogen and oxygen atoms in total. The van der Waals surface area contributed by atoms with Crippen LogP contribution in [0, 0.1) is 29.6 Å². The number of rotatable bonds is 11. The van der Waals surface area contributed by atoms with E-state index in [-0.39, 0.29) is 36.9 Å². The number of amides is 2. The first-order valence-electron chi connectivity index (χ1n) is 13.6. The van der Waals surface area contributed by atoms with Crippen molar-refractivity contribution >= 4 is 29.2 Å². The van der Waals surface area contributed by atoms with Crippen molar-refractivity contribution < 1.29 is 24.2 Å². The zero-order chi connectivity index (χ0) is 27.3. The van der Waals surface area contributed by atoms with Crippen molar-refractivity contribution in [2.45, 2.75) is 60.0 Å². The summed E-state index contributed by atoms with van der Waals surface area (Å²) < 4.78 is 5.34. The van der Waals surface area contributed by atoms with Crippen molar-refractivity contribution in [3.8, 4) is 0 Å². The van der Waals surface area contributed by atoms with Crippen LogP contribution in [0.4, 0.5) is 11.4 Å². The molecule has 0 spiro atoms. The summed E-state index contributed by atoms with van der Waals surface area (Å²) in [5, 5.41) is 13.3. The van der Waals surface area contributed by atoms with Gasteiger partial charge in [-0.3, -0.25) is 14.4 Å². The van der Waals surface area contributed by atoms with Crippen LogP contribution in [0.1, 0.15) is 48.0 Å². The van der Waals surface area contributed by atoms with E-state index in [2.05, 4.69) is 24.1 Å². The zero-order valence-electron chi connectivity index (χ0n) is 23.0. The number of fused-ring (bicyclic) bond motifs is 1. The number of carbonyl (C=O) groups is 3. The van der Waals surface area contributed by atoms with Gasteiger partial charge in [0.2, 0.25) is 11.8 Å². The Balaban J connectivity index is 1.96. The smallest absolute Gasteiger partial charge is 0.310 e. The third kappa shape index (κ3) is 6.00. The van der Waals surface area contributed by atoms with Crippen molar-refractivity contribution in [3.63, 3.8) is 0 Å². The number of nitrogens with one attached hydrogen (secondary N) is 1. The molecule has 204 valence electrons. The molecule has 1 aromatic rings. The molecule has 1 aliphatic carbocycles. The fraction of sp³-hybridized carbons (Fsp3) is 0.621. The van der Waals surface area contributed by atoms with Gasteiger partial charge in [0, 0.05) is 30.4 Å². The lowest BCUT2D eigenvalue weighted by molar-refractivity contribution is -0.156. The highest BCUT2D eigenvalue weighted by atomic mass is 16.5. The van der Waals surface area contributed by atoms with E-state index in [0.717, 1.165) is 18.8 Å². The number of ether oxygens (including phenoxy) is 1. The van der Waals surface area contributed by atoms with Crippen LogP contribution in [0.3, 0.4) is 0 Å². The maximum atomic E-state index is 13.9. The van der Waals surface area contributed by atoms with E-state index in [1.54, 1.807) is 11.8 Å². The second-order valence-corrected chi connectivity index (χ2v) is 10.5. The Kier molecular flexibility index (Phi) is 9.76. The van der Waals surface area contributed by atoms with E-state index in [0.29, 0.717) is 12.1 Å².